The second kappa shape index (κ2) is 9.50. The van der Waals surface area contributed by atoms with Crippen LogP contribution in [0.2, 0.25) is 0 Å². The molecule has 0 fully saturated rings. The van der Waals surface area contributed by atoms with Gasteiger partial charge in [-0.2, -0.15) is 0 Å². The van der Waals surface area contributed by atoms with Crippen molar-refractivity contribution in [1.82, 2.24) is 20.0 Å². The van der Waals surface area contributed by atoms with E-state index < -0.39 is 0 Å². The van der Waals surface area contributed by atoms with Gasteiger partial charge in [0.2, 0.25) is 0 Å². The number of thiazole rings is 1. The number of nitrogens with zero attached hydrogens (tertiary/aromatic N) is 3. The fraction of sp³-hybridized carbons (Fsp3) is 0.368. The summed E-state index contributed by atoms with van der Waals surface area (Å²) in [5.74, 6) is 0.518. The lowest BCUT2D eigenvalue weighted by Gasteiger charge is -2.26. The first-order valence-electron chi connectivity index (χ1n) is 8.67. The first-order chi connectivity index (χ1) is 12.5. The van der Waals surface area contributed by atoms with Gasteiger partial charge in [-0.3, -0.25) is 4.40 Å². The molecule has 0 saturated heterocycles. The number of hydrogen-bond donors (Lipinski definition) is 2. The van der Waals surface area contributed by atoms with E-state index in [2.05, 4.69) is 34.5 Å². The maximum atomic E-state index is 13.5. The van der Waals surface area contributed by atoms with E-state index in [0.717, 1.165) is 28.7 Å². The number of hydrogen-bond acceptors (Lipinski definition) is 3. The van der Waals surface area contributed by atoms with Crippen LogP contribution in [0.1, 0.15) is 32.0 Å². The average Bonchev–Trinajstić information content (AvgIpc) is 3.19. The molecule has 2 aromatic heterocycles. The summed E-state index contributed by atoms with van der Waals surface area (Å²) in [6, 6.07) is 6.75. The number of nitrogens with one attached hydrogen (secondary N) is 2. The molecule has 0 bridgehead atoms. The van der Waals surface area contributed by atoms with Crippen molar-refractivity contribution in [3.8, 4) is 0 Å². The maximum absolute atomic E-state index is 13.5. The molecule has 0 atom stereocenters. The van der Waals surface area contributed by atoms with Crippen LogP contribution in [0.3, 0.4) is 0 Å². The summed E-state index contributed by atoms with van der Waals surface area (Å²) in [4.78, 5) is 10.1. The largest absolute Gasteiger partial charge is 0.357 e. The van der Waals surface area contributed by atoms with Crippen molar-refractivity contribution in [2.24, 2.45) is 4.99 Å². The molecule has 2 N–H and O–H groups in total. The Bertz CT molecular complexity index is 874. The Morgan fingerprint density at radius 2 is 2.15 bits per heavy atom. The van der Waals surface area contributed by atoms with Crippen LogP contribution in [0.15, 0.2) is 47.0 Å². The lowest BCUT2D eigenvalue weighted by atomic mass is 9.84. The summed E-state index contributed by atoms with van der Waals surface area (Å²) < 4.78 is 15.5. The van der Waals surface area contributed by atoms with Gasteiger partial charge in [-0.15, -0.1) is 35.3 Å². The molecule has 27 heavy (non-hydrogen) atoms. The molecule has 0 aliphatic heterocycles. The van der Waals surface area contributed by atoms with Gasteiger partial charge in [0.15, 0.2) is 10.9 Å². The standard InChI is InChI=1S/C19H24FN5S.HI/c1-4-21-17(22-11-16-12-25-8-9-26-18(25)24-16)23-13-19(2,3)14-6-5-7-15(20)10-14;/h5-10,12H,4,11,13H2,1-3H3,(H2,21,22,23);1H. The van der Waals surface area contributed by atoms with Crippen molar-refractivity contribution in [3.63, 3.8) is 0 Å². The highest BCUT2D eigenvalue weighted by molar-refractivity contribution is 14.0. The molecule has 1 aromatic carbocycles. The summed E-state index contributed by atoms with van der Waals surface area (Å²) in [6.45, 7) is 8.11. The molecule has 146 valence electrons. The minimum atomic E-state index is -0.227. The van der Waals surface area contributed by atoms with Crippen LogP contribution < -0.4 is 10.6 Å². The lowest BCUT2D eigenvalue weighted by Crippen LogP contribution is -2.43. The van der Waals surface area contributed by atoms with E-state index in [9.17, 15) is 4.39 Å². The minimum Gasteiger partial charge on any atom is -0.357 e. The Balaban J connectivity index is 0.00000261. The van der Waals surface area contributed by atoms with Crippen molar-refractivity contribution in [1.29, 1.82) is 0 Å². The number of aromatic nitrogens is 2. The number of halogens is 2. The fourth-order valence-electron chi connectivity index (χ4n) is 2.67. The molecule has 8 heteroatoms. The molecule has 0 amide bonds. The first kappa shape index (κ1) is 21.6. The molecule has 0 radical (unpaired) electrons. The summed E-state index contributed by atoms with van der Waals surface area (Å²) in [5, 5.41) is 8.62. The second-order valence-corrected chi connectivity index (χ2v) is 7.64. The van der Waals surface area contributed by atoms with E-state index >= 15 is 0 Å². The van der Waals surface area contributed by atoms with Crippen LogP contribution in [-0.2, 0) is 12.0 Å². The Morgan fingerprint density at radius 3 is 2.85 bits per heavy atom. The minimum absolute atomic E-state index is 0. The summed E-state index contributed by atoms with van der Waals surface area (Å²) in [5.41, 5.74) is 1.66. The molecular formula is C19H25FIN5S. The third-order valence-electron chi connectivity index (χ3n) is 4.19. The molecular weight excluding hydrogens is 476 g/mol. The third-order valence-corrected chi connectivity index (χ3v) is 4.96. The Morgan fingerprint density at radius 1 is 1.33 bits per heavy atom. The Kier molecular flexibility index (Phi) is 7.60. The zero-order valence-electron chi connectivity index (χ0n) is 15.7. The predicted octanol–water partition coefficient (Wildman–Crippen LogP) is 4.19. The highest BCUT2D eigenvalue weighted by atomic mass is 127. The molecule has 0 saturated carbocycles. The topological polar surface area (TPSA) is 53.7 Å². The van der Waals surface area contributed by atoms with Gasteiger partial charge in [0.25, 0.3) is 0 Å². The molecule has 5 nitrogen and oxygen atoms in total. The van der Waals surface area contributed by atoms with Crippen molar-refractivity contribution >= 4 is 46.2 Å². The van der Waals surface area contributed by atoms with Crippen molar-refractivity contribution in [3.05, 3.63) is 59.1 Å². The maximum Gasteiger partial charge on any atom is 0.193 e. The number of imidazole rings is 1. The van der Waals surface area contributed by atoms with Crippen LogP contribution in [0.4, 0.5) is 4.39 Å². The van der Waals surface area contributed by atoms with Gasteiger partial charge >= 0.3 is 0 Å². The zero-order chi connectivity index (χ0) is 18.6. The Hall–Kier alpha value is -1.68. The van der Waals surface area contributed by atoms with E-state index in [1.807, 2.05) is 35.2 Å². The number of guanidine groups is 1. The molecule has 0 spiro atoms. The van der Waals surface area contributed by atoms with Crippen LogP contribution in [0.25, 0.3) is 4.96 Å². The van der Waals surface area contributed by atoms with E-state index in [1.165, 1.54) is 6.07 Å². The van der Waals surface area contributed by atoms with Crippen LogP contribution >= 0.6 is 35.3 Å². The number of rotatable bonds is 6. The molecule has 3 aromatic rings. The second-order valence-electron chi connectivity index (χ2n) is 6.77. The quantitative estimate of drug-likeness (QED) is 0.303. The van der Waals surface area contributed by atoms with E-state index in [4.69, 9.17) is 0 Å². The van der Waals surface area contributed by atoms with Gasteiger partial charge in [-0.05, 0) is 24.6 Å². The highest BCUT2D eigenvalue weighted by Gasteiger charge is 2.21. The fourth-order valence-corrected chi connectivity index (χ4v) is 3.39. The van der Waals surface area contributed by atoms with Gasteiger partial charge in [0.1, 0.15) is 5.82 Å². The summed E-state index contributed by atoms with van der Waals surface area (Å²) >= 11 is 1.61. The van der Waals surface area contributed by atoms with Gasteiger partial charge in [0, 0.05) is 36.3 Å². The molecule has 3 rings (SSSR count). The highest BCUT2D eigenvalue weighted by Crippen LogP contribution is 2.22. The van der Waals surface area contributed by atoms with Gasteiger partial charge in [-0.1, -0.05) is 26.0 Å². The normalized spacial score (nSPS) is 12.1. The van der Waals surface area contributed by atoms with Gasteiger partial charge in [0.05, 0.1) is 12.2 Å². The summed E-state index contributed by atoms with van der Waals surface area (Å²) in [6.07, 6.45) is 3.99. The predicted molar refractivity (Wildman–Crippen MR) is 121 cm³/mol. The molecule has 0 unspecified atom stereocenters. The van der Waals surface area contributed by atoms with E-state index in [-0.39, 0.29) is 35.2 Å². The van der Waals surface area contributed by atoms with Crippen LogP contribution in [-0.4, -0.2) is 28.4 Å². The average molecular weight is 501 g/mol. The molecule has 2 heterocycles. The van der Waals surface area contributed by atoms with Gasteiger partial charge < -0.3 is 10.6 Å². The third kappa shape index (κ3) is 5.65. The number of fused-ring (bicyclic) bond motifs is 1. The van der Waals surface area contributed by atoms with E-state index in [0.29, 0.717) is 13.1 Å². The Labute approximate surface area is 180 Å². The zero-order valence-corrected chi connectivity index (χ0v) is 18.8. The monoisotopic (exact) mass is 501 g/mol. The molecule has 0 aliphatic rings. The van der Waals surface area contributed by atoms with Crippen molar-refractivity contribution in [2.45, 2.75) is 32.7 Å². The van der Waals surface area contributed by atoms with E-state index in [1.54, 1.807) is 23.5 Å². The number of aliphatic imine (C=N–C) groups is 1. The number of benzene rings is 1. The van der Waals surface area contributed by atoms with Crippen molar-refractivity contribution < 1.29 is 4.39 Å². The summed E-state index contributed by atoms with van der Waals surface area (Å²) in [7, 11) is 0. The lowest BCUT2D eigenvalue weighted by molar-refractivity contribution is 0.503. The van der Waals surface area contributed by atoms with Gasteiger partial charge in [-0.25, -0.2) is 14.4 Å². The van der Waals surface area contributed by atoms with Crippen LogP contribution in [0, 0.1) is 5.82 Å². The SMILES string of the molecule is CCNC(=NCc1cn2ccsc2n1)NCC(C)(C)c1cccc(F)c1.I. The molecule has 0 aliphatic carbocycles. The smallest absolute Gasteiger partial charge is 0.193 e. The first-order valence-corrected chi connectivity index (χ1v) is 9.55. The van der Waals surface area contributed by atoms with Crippen LogP contribution in [0.5, 0.6) is 0 Å². The van der Waals surface area contributed by atoms with Crippen molar-refractivity contribution in [2.75, 3.05) is 13.1 Å².